The molecule has 0 radical (unpaired) electrons. The zero-order chi connectivity index (χ0) is 18.1. The first-order chi connectivity index (χ1) is 12.6. The fourth-order valence-corrected chi connectivity index (χ4v) is 3.89. The van der Waals surface area contributed by atoms with Gasteiger partial charge in [-0.2, -0.15) is 0 Å². The molecule has 0 saturated carbocycles. The predicted octanol–water partition coefficient (Wildman–Crippen LogP) is 5.41. The van der Waals surface area contributed by atoms with Crippen LogP contribution in [0.25, 0.3) is 10.1 Å². The fourth-order valence-electron chi connectivity index (χ4n) is 2.71. The van der Waals surface area contributed by atoms with E-state index in [4.69, 9.17) is 22.1 Å². The molecule has 0 aliphatic rings. The van der Waals surface area contributed by atoms with E-state index in [2.05, 4.69) is 4.98 Å². The van der Waals surface area contributed by atoms with Crippen LogP contribution in [0, 0.1) is 0 Å². The molecule has 4 nitrogen and oxygen atoms in total. The van der Waals surface area contributed by atoms with E-state index < -0.39 is 6.10 Å². The summed E-state index contributed by atoms with van der Waals surface area (Å²) in [5, 5.41) is 12.3. The molecule has 130 valence electrons. The highest BCUT2D eigenvalue weighted by atomic mass is 35.5. The van der Waals surface area contributed by atoms with E-state index in [1.54, 1.807) is 42.7 Å². The molecule has 0 saturated heterocycles. The van der Waals surface area contributed by atoms with Crippen molar-refractivity contribution in [2.45, 2.75) is 6.10 Å². The average Bonchev–Trinajstić information content (AvgIpc) is 3.09. The number of fused-ring (bicyclic) bond motifs is 1. The molecule has 0 aliphatic heterocycles. The van der Waals surface area contributed by atoms with Crippen LogP contribution in [0.3, 0.4) is 0 Å². The second-order valence-electron chi connectivity index (χ2n) is 5.79. The van der Waals surface area contributed by atoms with E-state index in [1.165, 1.54) is 11.3 Å². The third-order valence-electron chi connectivity index (χ3n) is 4.03. The quantitative estimate of drug-likeness (QED) is 0.463. The maximum atomic E-state index is 10.7. The van der Waals surface area contributed by atoms with Crippen LogP contribution in [0.1, 0.15) is 16.5 Å². The molecule has 0 spiro atoms. The van der Waals surface area contributed by atoms with Gasteiger partial charge in [0, 0.05) is 32.7 Å². The molecule has 0 bridgehead atoms. The van der Waals surface area contributed by atoms with E-state index in [9.17, 15) is 5.11 Å². The molecule has 0 fully saturated rings. The Bertz CT molecular complexity index is 1060. The SMILES string of the molecule is Nc1ccccc1C(O)c1cc2c(Oc3ccc(Cl)cc3)cncc2s1. The summed E-state index contributed by atoms with van der Waals surface area (Å²) < 4.78 is 6.88. The van der Waals surface area contributed by atoms with Gasteiger partial charge in [-0.25, -0.2) is 0 Å². The minimum atomic E-state index is -0.794. The Hall–Kier alpha value is -2.60. The Morgan fingerprint density at radius 3 is 2.62 bits per heavy atom. The van der Waals surface area contributed by atoms with Gasteiger partial charge in [-0.1, -0.05) is 29.8 Å². The number of aliphatic hydroxyl groups excluding tert-OH is 1. The van der Waals surface area contributed by atoms with Gasteiger partial charge in [-0.15, -0.1) is 11.3 Å². The molecule has 3 N–H and O–H groups in total. The van der Waals surface area contributed by atoms with Crippen LogP contribution in [0.2, 0.25) is 5.02 Å². The number of rotatable bonds is 4. The van der Waals surface area contributed by atoms with Gasteiger partial charge in [-0.3, -0.25) is 4.98 Å². The standard InChI is InChI=1S/C20H15ClN2O2S/c21-12-5-7-13(8-6-12)25-17-10-23-11-19-15(17)9-18(26-19)20(24)14-3-1-2-4-16(14)22/h1-11,20,24H,22H2. The van der Waals surface area contributed by atoms with Gasteiger partial charge in [0.25, 0.3) is 0 Å². The molecule has 4 rings (SSSR count). The van der Waals surface area contributed by atoms with E-state index >= 15 is 0 Å². The number of halogens is 1. The number of thiophene rings is 1. The van der Waals surface area contributed by atoms with Crippen molar-refractivity contribution >= 4 is 38.7 Å². The highest BCUT2D eigenvalue weighted by molar-refractivity contribution is 7.19. The topological polar surface area (TPSA) is 68.4 Å². The molecule has 1 atom stereocenters. The number of nitrogen functional groups attached to an aromatic ring is 1. The smallest absolute Gasteiger partial charge is 0.154 e. The number of nitrogens with zero attached hydrogens (tertiary/aromatic N) is 1. The van der Waals surface area contributed by atoms with E-state index in [1.807, 2.05) is 24.3 Å². The first-order valence-corrected chi connectivity index (χ1v) is 9.14. The maximum Gasteiger partial charge on any atom is 0.154 e. The number of pyridine rings is 1. The third kappa shape index (κ3) is 3.24. The molecule has 2 aromatic heterocycles. The number of benzene rings is 2. The number of aromatic nitrogens is 1. The lowest BCUT2D eigenvalue weighted by Gasteiger charge is -2.11. The number of nitrogens with two attached hydrogens (primary N) is 1. The molecule has 4 aromatic rings. The summed E-state index contributed by atoms with van der Waals surface area (Å²) in [6.45, 7) is 0. The molecular formula is C20H15ClN2O2S. The zero-order valence-corrected chi connectivity index (χ0v) is 15.2. The minimum Gasteiger partial charge on any atom is -0.455 e. The lowest BCUT2D eigenvalue weighted by atomic mass is 10.1. The summed E-state index contributed by atoms with van der Waals surface area (Å²) in [4.78, 5) is 5.03. The van der Waals surface area contributed by atoms with Crippen LogP contribution in [0.4, 0.5) is 5.69 Å². The van der Waals surface area contributed by atoms with Crippen molar-refractivity contribution in [3.63, 3.8) is 0 Å². The van der Waals surface area contributed by atoms with Gasteiger partial charge in [0.1, 0.15) is 11.9 Å². The summed E-state index contributed by atoms with van der Waals surface area (Å²) in [5.41, 5.74) is 7.24. The van der Waals surface area contributed by atoms with E-state index in [-0.39, 0.29) is 0 Å². The van der Waals surface area contributed by atoms with Gasteiger partial charge in [-0.05, 0) is 36.4 Å². The average molecular weight is 383 g/mol. The Balaban J connectivity index is 1.71. The molecule has 6 heteroatoms. The fraction of sp³-hybridized carbons (Fsp3) is 0.0500. The predicted molar refractivity (Wildman–Crippen MR) is 106 cm³/mol. The monoisotopic (exact) mass is 382 g/mol. The van der Waals surface area contributed by atoms with Crippen molar-refractivity contribution < 1.29 is 9.84 Å². The molecule has 2 heterocycles. The number of aliphatic hydroxyl groups is 1. The number of anilines is 1. The number of hydrogen-bond acceptors (Lipinski definition) is 5. The molecule has 0 aliphatic carbocycles. The normalized spacial score (nSPS) is 12.2. The van der Waals surface area contributed by atoms with E-state index in [0.717, 1.165) is 15.0 Å². The van der Waals surface area contributed by atoms with Gasteiger partial charge >= 0.3 is 0 Å². The van der Waals surface area contributed by atoms with Gasteiger partial charge in [0.05, 0.1) is 10.9 Å². The second-order valence-corrected chi connectivity index (χ2v) is 7.34. The highest BCUT2D eigenvalue weighted by Gasteiger charge is 2.18. The Kier molecular flexibility index (Phi) is 4.51. The Labute approximate surface area is 159 Å². The van der Waals surface area contributed by atoms with Crippen molar-refractivity contribution in [2.75, 3.05) is 5.73 Å². The van der Waals surface area contributed by atoms with Gasteiger partial charge < -0.3 is 15.6 Å². The highest BCUT2D eigenvalue weighted by Crippen LogP contribution is 2.39. The first kappa shape index (κ1) is 16.8. The number of ether oxygens (including phenoxy) is 1. The summed E-state index contributed by atoms with van der Waals surface area (Å²) in [7, 11) is 0. The summed E-state index contributed by atoms with van der Waals surface area (Å²) in [6, 6.07) is 16.4. The molecule has 26 heavy (non-hydrogen) atoms. The largest absolute Gasteiger partial charge is 0.455 e. The van der Waals surface area contributed by atoms with Crippen LogP contribution in [-0.2, 0) is 0 Å². The zero-order valence-electron chi connectivity index (χ0n) is 13.6. The van der Waals surface area contributed by atoms with Gasteiger partial charge in [0.15, 0.2) is 5.75 Å². The van der Waals surface area contributed by atoms with Crippen LogP contribution >= 0.6 is 22.9 Å². The van der Waals surface area contributed by atoms with Crippen LogP contribution < -0.4 is 10.5 Å². The summed E-state index contributed by atoms with van der Waals surface area (Å²) in [5.74, 6) is 1.30. The minimum absolute atomic E-state index is 0.563. The molecule has 0 amide bonds. The van der Waals surface area contributed by atoms with Crippen molar-refractivity contribution in [1.29, 1.82) is 0 Å². The maximum absolute atomic E-state index is 10.7. The van der Waals surface area contributed by atoms with Crippen molar-refractivity contribution in [1.82, 2.24) is 4.98 Å². The summed E-state index contributed by atoms with van der Waals surface area (Å²) in [6.07, 6.45) is 2.63. The van der Waals surface area contributed by atoms with Crippen LogP contribution in [0.5, 0.6) is 11.5 Å². The molecule has 2 aromatic carbocycles. The van der Waals surface area contributed by atoms with Gasteiger partial charge in [0.2, 0.25) is 0 Å². The van der Waals surface area contributed by atoms with E-state index in [0.29, 0.717) is 27.8 Å². The second kappa shape index (κ2) is 6.96. The van der Waals surface area contributed by atoms with Crippen LogP contribution in [-0.4, -0.2) is 10.1 Å². The lowest BCUT2D eigenvalue weighted by molar-refractivity contribution is 0.225. The lowest BCUT2D eigenvalue weighted by Crippen LogP contribution is -2.01. The van der Waals surface area contributed by atoms with Crippen molar-refractivity contribution in [3.8, 4) is 11.5 Å². The van der Waals surface area contributed by atoms with Crippen molar-refractivity contribution in [2.24, 2.45) is 0 Å². The first-order valence-electron chi connectivity index (χ1n) is 7.95. The Morgan fingerprint density at radius 1 is 1.08 bits per heavy atom. The van der Waals surface area contributed by atoms with Crippen molar-refractivity contribution in [3.05, 3.63) is 82.5 Å². The number of para-hydroxylation sites is 1. The number of hydrogen-bond donors (Lipinski definition) is 2. The van der Waals surface area contributed by atoms with Crippen LogP contribution in [0.15, 0.2) is 67.0 Å². The molecule has 1 unspecified atom stereocenters. The third-order valence-corrected chi connectivity index (χ3v) is 5.40. The molecular weight excluding hydrogens is 368 g/mol. The Morgan fingerprint density at radius 2 is 1.85 bits per heavy atom. The summed E-state index contributed by atoms with van der Waals surface area (Å²) >= 11 is 7.38.